The van der Waals surface area contributed by atoms with Gasteiger partial charge >= 0.3 is 0 Å². The van der Waals surface area contributed by atoms with Crippen LogP contribution in [0.4, 0.5) is 0 Å². The number of aliphatic hydroxyl groups is 1. The third-order valence-corrected chi connectivity index (χ3v) is 4.17. The Balaban J connectivity index is 1.79. The Kier molecular flexibility index (Phi) is 4.24. The third-order valence-electron chi connectivity index (χ3n) is 4.17. The summed E-state index contributed by atoms with van der Waals surface area (Å²) in [5, 5.41) is 16.6. The molecular weight excluding hydrogens is 280 g/mol. The van der Waals surface area contributed by atoms with Crippen LogP contribution in [-0.2, 0) is 0 Å². The highest BCUT2D eigenvalue weighted by molar-refractivity contribution is 6.00. The van der Waals surface area contributed by atoms with Crippen molar-refractivity contribution in [1.29, 1.82) is 0 Å². The number of hydrogen-bond acceptors (Lipinski definition) is 4. The van der Waals surface area contributed by atoms with Crippen LogP contribution >= 0.6 is 0 Å². The van der Waals surface area contributed by atoms with Gasteiger partial charge in [0.2, 0.25) is 0 Å². The van der Waals surface area contributed by atoms with Crippen molar-refractivity contribution in [1.82, 2.24) is 10.5 Å². The average Bonchev–Trinajstić information content (AvgIpc) is 2.92. The van der Waals surface area contributed by atoms with E-state index in [4.69, 9.17) is 4.52 Å². The maximum absolute atomic E-state index is 12.6. The molecule has 1 aromatic carbocycles. The number of amides is 1. The Hall–Kier alpha value is -2.14. The summed E-state index contributed by atoms with van der Waals surface area (Å²) in [6.07, 6.45) is 2.85. The summed E-state index contributed by atoms with van der Waals surface area (Å²) in [5.41, 5.74) is 1.94. The number of nitrogens with one attached hydrogen (secondary N) is 1. The summed E-state index contributed by atoms with van der Waals surface area (Å²) in [7, 11) is 0. The number of aliphatic hydroxyl groups excluding tert-OH is 1. The second kappa shape index (κ2) is 6.32. The van der Waals surface area contributed by atoms with E-state index >= 15 is 0 Å². The van der Waals surface area contributed by atoms with Crippen LogP contribution in [0.25, 0.3) is 11.3 Å². The summed E-state index contributed by atoms with van der Waals surface area (Å²) in [5.74, 6) is 0.367. The lowest BCUT2D eigenvalue weighted by Crippen LogP contribution is -2.38. The lowest BCUT2D eigenvalue weighted by Gasteiger charge is -2.26. The molecule has 5 nitrogen and oxygen atoms in total. The topological polar surface area (TPSA) is 75.4 Å². The van der Waals surface area contributed by atoms with Gasteiger partial charge in [-0.1, -0.05) is 35.5 Å². The molecule has 1 saturated carbocycles. The summed E-state index contributed by atoms with van der Waals surface area (Å²) in [6, 6.07) is 9.65. The Morgan fingerprint density at radius 2 is 1.91 bits per heavy atom. The van der Waals surface area contributed by atoms with Gasteiger partial charge in [0.1, 0.15) is 17.0 Å². The molecule has 116 valence electrons. The minimum atomic E-state index is -0.231. The van der Waals surface area contributed by atoms with Gasteiger partial charge in [-0.25, -0.2) is 0 Å². The first-order chi connectivity index (χ1) is 10.6. The molecule has 1 fully saturated rings. The van der Waals surface area contributed by atoms with Crippen LogP contribution in [0.2, 0.25) is 0 Å². The minimum absolute atomic E-state index is 0.105. The fourth-order valence-electron chi connectivity index (χ4n) is 2.91. The van der Waals surface area contributed by atoms with E-state index < -0.39 is 0 Å². The molecule has 0 radical (unpaired) electrons. The van der Waals surface area contributed by atoms with Crippen LogP contribution in [0, 0.1) is 6.92 Å². The number of carbonyl (C=O) groups is 1. The van der Waals surface area contributed by atoms with Crippen LogP contribution in [0.1, 0.15) is 41.8 Å². The second-order valence-electron chi connectivity index (χ2n) is 5.81. The van der Waals surface area contributed by atoms with E-state index in [1.165, 1.54) is 0 Å². The molecule has 1 heterocycles. The van der Waals surface area contributed by atoms with Gasteiger partial charge in [-0.05, 0) is 32.6 Å². The van der Waals surface area contributed by atoms with Crippen molar-refractivity contribution < 1.29 is 14.4 Å². The normalized spacial score (nSPS) is 21.5. The van der Waals surface area contributed by atoms with Gasteiger partial charge in [0.05, 0.1) is 6.10 Å². The molecule has 0 spiro atoms. The Bertz CT molecular complexity index is 643. The molecule has 0 unspecified atom stereocenters. The molecule has 2 N–H and O–H groups in total. The summed E-state index contributed by atoms with van der Waals surface area (Å²) in [4.78, 5) is 12.6. The molecule has 1 aliphatic carbocycles. The van der Waals surface area contributed by atoms with Crippen molar-refractivity contribution in [3.8, 4) is 11.3 Å². The number of hydrogen-bond donors (Lipinski definition) is 2. The van der Waals surface area contributed by atoms with Crippen molar-refractivity contribution in [2.45, 2.75) is 44.8 Å². The highest BCUT2D eigenvalue weighted by Gasteiger charge is 2.26. The van der Waals surface area contributed by atoms with Crippen LogP contribution in [-0.4, -0.2) is 28.3 Å². The number of aryl methyl sites for hydroxylation is 1. The largest absolute Gasteiger partial charge is 0.393 e. The summed E-state index contributed by atoms with van der Waals surface area (Å²) in [6.45, 7) is 1.75. The Morgan fingerprint density at radius 3 is 2.59 bits per heavy atom. The van der Waals surface area contributed by atoms with Crippen LogP contribution in [0.15, 0.2) is 34.9 Å². The molecule has 0 atom stereocenters. The molecule has 2 aromatic rings. The monoisotopic (exact) mass is 300 g/mol. The van der Waals surface area contributed by atoms with Crippen molar-refractivity contribution in [2.75, 3.05) is 0 Å². The quantitative estimate of drug-likeness (QED) is 0.914. The fourth-order valence-corrected chi connectivity index (χ4v) is 2.91. The van der Waals surface area contributed by atoms with Gasteiger partial charge in [0.15, 0.2) is 0 Å². The van der Waals surface area contributed by atoms with Gasteiger partial charge in [-0.15, -0.1) is 0 Å². The molecule has 1 aliphatic rings. The molecule has 1 amide bonds. The van der Waals surface area contributed by atoms with Gasteiger partial charge in [0.25, 0.3) is 5.91 Å². The zero-order valence-electron chi connectivity index (χ0n) is 12.6. The first-order valence-corrected chi connectivity index (χ1v) is 7.65. The first kappa shape index (κ1) is 14.8. The maximum Gasteiger partial charge on any atom is 0.257 e. The molecule has 0 saturated heterocycles. The first-order valence-electron chi connectivity index (χ1n) is 7.65. The molecule has 3 rings (SSSR count). The van der Waals surface area contributed by atoms with Gasteiger partial charge in [-0.2, -0.15) is 0 Å². The molecule has 1 aromatic heterocycles. The van der Waals surface area contributed by atoms with Crippen molar-refractivity contribution >= 4 is 5.91 Å². The smallest absolute Gasteiger partial charge is 0.257 e. The number of benzene rings is 1. The number of nitrogens with zero attached hydrogens (tertiary/aromatic N) is 1. The van der Waals surface area contributed by atoms with Crippen LogP contribution in [0.3, 0.4) is 0 Å². The molecule has 22 heavy (non-hydrogen) atoms. The highest BCUT2D eigenvalue weighted by atomic mass is 16.5. The lowest BCUT2D eigenvalue weighted by atomic mass is 9.93. The highest BCUT2D eigenvalue weighted by Crippen LogP contribution is 2.26. The second-order valence-corrected chi connectivity index (χ2v) is 5.81. The van der Waals surface area contributed by atoms with Crippen LogP contribution in [0.5, 0.6) is 0 Å². The molecule has 0 bridgehead atoms. The van der Waals surface area contributed by atoms with Crippen molar-refractivity contribution in [3.63, 3.8) is 0 Å². The maximum atomic E-state index is 12.6. The van der Waals surface area contributed by atoms with Crippen molar-refractivity contribution in [2.24, 2.45) is 0 Å². The van der Waals surface area contributed by atoms with Crippen LogP contribution < -0.4 is 5.32 Å². The number of aromatic nitrogens is 1. The Morgan fingerprint density at radius 1 is 1.23 bits per heavy atom. The minimum Gasteiger partial charge on any atom is -0.393 e. The number of carbonyl (C=O) groups excluding carboxylic acids is 1. The predicted octanol–water partition coefficient (Wildman–Crippen LogP) is 2.68. The van der Waals surface area contributed by atoms with E-state index in [1.54, 1.807) is 6.92 Å². The molecule has 5 heteroatoms. The fraction of sp³-hybridized carbons (Fsp3) is 0.412. The molecule has 0 aliphatic heterocycles. The lowest BCUT2D eigenvalue weighted by molar-refractivity contribution is 0.0866. The van der Waals surface area contributed by atoms with Gasteiger partial charge in [0, 0.05) is 11.6 Å². The SMILES string of the molecule is Cc1onc(-c2ccccc2)c1C(=O)NC1CCC(O)CC1. The predicted molar refractivity (Wildman–Crippen MR) is 82.4 cm³/mol. The Labute approximate surface area is 129 Å². The van der Waals surface area contributed by atoms with Gasteiger partial charge < -0.3 is 14.9 Å². The average molecular weight is 300 g/mol. The van der Waals surface area contributed by atoms with E-state index in [-0.39, 0.29) is 18.1 Å². The van der Waals surface area contributed by atoms with E-state index in [0.29, 0.717) is 17.0 Å². The molecular formula is C17H20N2O3. The number of rotatable bonds is 3. The van der Waals surface area contributed by atoms with Crippen molar-refractivity contribution in [3.05, 3.63) is 41.7 Å². The summed E-state index contributed by atoms with van der Waals surface area (Å²) < 4.78 is 5.23. The van der Waals surface area contributed by atoms with E-state index in [2.05, 4.69) is 10.5 Å². The summed E-state index contributed by atoms with van der Waals surface area (Å²) >= 11 is 0. The van der Waals surface area contributed by atoms with E-state index in [0.717, 1.165) is 31.2 Å². The standard InChI is InChI=1S/C17H20N2O3/c1-11-15(16(19-22-11)12-5-3-2-4-6-12)17(21)18-13-7-9-14(20)10-8-13/h2-6,13-14,20H,7-10H2,1H3,(H,18,21). The van der Waals surface area contributed by atoms with E-state index in [9.17, 15) is 9.90 Å². The zero-order valence-corrected chi connectivity index (χ0v) is 12.6. The third kappa shape index (κ3) is 3.04. The van der Waals surface area contributed by atoms with Gasteiger partial charge in [-0.3, -0.25) is 4.79 Å². The zero-order chi connectivity index (χ0) is 15.5. The van der Waals surface area contributed by atoms with E-state index in [1.807, 2.05) is 30.3 Å².